The molecule has 0 heterocycles. The Morgan fingerprint density at radius 1 is 1.58 bits per heavy atom. The Morgan fingerprint density at radius 3 is 2.08 bits per heavy atom. The normalized spacial score (nSPS) is 12.0. The summed E-state index contributed by atoms with van der Waals surface area (Å²) in [6, 6.07) is 0. The highest BCUT2D eigenvalue weighted by Crippen LogP contribution is 1.91. The van der Waals surface area contributed by atoms with E-state index in [-0.39, 0.29) is 6.10 Å². The Labute approximate surface area is 73.7 Å². The molecular formula is C9H18O3. The van der Waals surface area contributed by atoms with Gasteiger partial charge in [-0.25, -0.2) is 4.79 Å². The smallest absolute Gasteiger partial charge is 0.327 e. The van der Waals surface area contributed by atoms with Gasteiger partial charge in [0.15, 0.2) is 0 Å². The number of rotatable bonds is 3. The standard InChI is InChI=1S/C5H12O.C4H6O2/c1-3-4-5(2)6;1-2-3-4(5)6/h5-6H,3-4H2,1-2H3;2-3H,1H3,(H,5,6). The summed E-state index contributed by atoms with van der Waals surface area (Å²) in [4.78, 5) is 9.51. The number of aliphatic hydroxyl groups excluding tert-OH is 1. The maximum atomic E-state index is 9.51. The van der Waals surface area contributed by atoms with E-state index in [9.17, 15) is 4.79 Å². The summed E-state index contributed by atoms with van der Waals surface area (Å²) in [6.45, 7) is 5.53. The van der Waals surface area contributed by atoms with Crippen molar-refractivity contribution >= 4 is 5.97 Å². The number of carboxylic acids is 1. The Kier molecular flexibility index (Phi) is 11.6. The second-order valence-electron chi connectivity index (χ2n) is 2.48. The average Bonchev–Trinajstić information content (AvgIpc) is 1.87. The van der Waals surface area contributed by atoms with E-state index >= 15 is 0 Å². The highest BCUT2D eigenvalue weighted by molar-refractivity contribution is 5.79. The number of hydrogen-bond donors (Lipinski definition) is 2. The van der Waals surface area contributed by atoms with Crippen molar-refractivity contribution in [1.29, 1.82) is 0 Å². The van der Waals surface area contributed by atoms with Crippen LogP contribution in [0.15, 0.2) is 12.2 Å². The van der Waals surface area contributed by atoms with Crippen LogP contribution < -0.4 is 0 Å². The first kappa shape index (κ1) is 13.7. The number of aliphatic hydroxyl groups is 1. The predicted molar refractivity (Wildman–Crippen MR) is 49.0 cm³/mol. The molecule has 0 aliphatic rings. The lowest BCUT2D eigenvalue weighted by atomic mass is 10.2. The minimum absolute atomic E-state index is 0.102. The molecule has 0 rings (SSSR count). The minimum Gasteiger partial charge on any atom is -0.478 e. The van der Waals surface area contributed by atoms with Gasteiger partial charge in [0.05, 0.1) is 6.10 Å². The molecule has 0 aromatic carbocycles. The van der Waals surface area contributed by atoms with Crippen LogP contribution in [0.2, 0.25) is 0 Å². The molecule has 0 bridgehead atoms. The first-order chi connectivity index (χ1) is 5.54. The highest BCUT2D eigenvalue weighted by atomic mass is 16.4. The summed E-state index contributed by atoms with van der Waals surface area (Å²) < 4.78 is 0. The van der Waals surface area contributed by atoms with E-state index in [1.165, 1.54) is 6.08 Å². The van der Waals surface area contributed by atoms with E-state index in [4.69, 9.17) is 10.2 Å². The Balaban J connectivity index is 0. The molecule has 12 heavy (non-hydrogen) atoms. The van der Waals surface area contributed by atoms with E-state index in [1.807, 2.05) is 6.92 Å². The largest absolute Gasteiger partial charge is 0.478 e. The molecule has 72 valence electrons. The van der Waals surface area contributed by atoms with E-state index in [1.54, 1.807) is 6.92 Å². The monoisotopic (exact) mass is 174 g/mol. The molecule has 0 fully saturated rings. The third kappa shape index (κ3) is 22.9. The quantitative estimate of drug-likeness (QED) is 0.641. The van der Waals surface area contributed by atoms with Gasteiger partial charge in [0.1, 0.15) is 0 Å². The SMILES string of the molecule is CC=CC(=O)O.CCCC(C)O. The van der Waals surface area contributed by atoms with E-state index < -0.39 is 5.97 Å². The van der Waals surface area contributed by atoms with Crippen LogP contribution in [0.5, 0.6) is 0 Å². The van der Waals surface area contributed by atoms with Gasteiger partial charge in [-0.15, -0.1) is 0 Å². The molecule has 3 nitrogen and oxygen atoms in total. The fraction of sp³-hybridized carbons (Fsp3) is 0.667. The van der Waals surface area contributed by atoms with Crippen LogP contribution >= 0.6 is 0 Å². The number of hydrogen-bond acceptors (Lipinski definition) is 2. The molecule has 3 heteroatoms. The Hall–Kier alpha value is -0.830. The van der Waals surface area contributed by atoms with Gasteiger partial charge >= 0.3 is 5.97 Å². The van der Waals surface area contributed by atoms with Gasteiger partial charge in [-0.3, -0.25) is 0 Å². The summed E-state index contributed by atoms with van der Waals surface area (Å²) in [6.07, 6.45) is 4.47. The molecule has 0 aromatic rings. The van der Waals surface area contributed by atoms with Crippen LogP contribution in [-0.2, 0) is 4.79 Å². The average molecular weight is 174 g/mol. The van der Waals surface area contributed by atoms with Crippen molar-refractivity contribution in [2.45, 2.75) is 39.7 Å². The summed E-state index contributed by atoms with van der Waals surface area (Å²) >= 11 is 0. The topological polar surface area (TPSA) is 57.5 Å². The summed E-state index contributed by atoms with van der Waals surface area (Å²) in [5.74, 6) is -0.891. The van der Waals surface area contributed by atoms with Gasteiger partial charge in [-0.1, -0.05) is 19.4 Å². The third-order valence-corrected chi connectivity index (χ3v) is 1.02. The van der Waals surface area contributed by atoms with Crippen molar-refractivity contribution in [3.05, 3.63) is 12.2 Å². The highest BCUT2D eigenvalue weighted by Gasteiger charge is 1.87. The molecule has 0 amide bonds. The maximum Gasteiger partial charge on any atom is 0.327 e. The van der Waals surface area contributed by atoms with E-state index in [2.05, 4.69) is 6.92 Å². The molecule has 0 saturated carbocycles. The lowest BCUT2D eigenvalue weighted by Crippen LogP contribution is -1.95. The molecule has 0 radical (unpaired) electrons. The summed E-state index contributed by atoms with van der Waals surface area (Å²) in [7, 11) is 0. The van der Waals surface area contributed by atoms with Crippen LogP contribution in [0.1, 0.15) is 33.6 Å². The van der Waals surface area contributed by atoms with Crippen LogP contribution in [0.4, 0.5) is 0 Å². The summed E-state index contributed by atoms with van der Waals surface area (Å²) in [5.41, 5.74) is 0. The van der Waals surface area contributed by atoms with Crippen LogP contribution in [0.3, 0.4) is 0 Å². The molecule has 0 saturated heterocycles. The molecule has 1 atom stereocenters. The Bertz CT molecular complexity index is 128. The molecule has 0 spiro atoms. The maximum absolute atomic E-state index is 9.51. The van der Waals surface area contributed by atoms with Crippen molar-refractivity contribution in [3.8, 4) is 0 Å². The molecular weight excluding hydrogens is 156 g/mol. The minimum atomic E-state index is -0.891. The second kappa shape index (κ2) is 10.2. The van der Waals surface area contributed by atoms with Gasteiger partial charge in [0, 0.05) is 6.08 Å². The predicted octanol–water partition coefficient (Wildman–Crippen LogP) is 1.81. The zero-order chi connectivity index (χ0) is 9.98. The first-order valence-electron chi connectivity index (χ1n) is 4.08. The lowest BCUT2D eigenvalue weighted by molar-refractivity contribution is -0.131. The van der Waals surface area contributed by atoms with Crippen molar-refractivity contribution in [2.24, 2.45) is 0 Å². The molecule has 0 aromatic heterocycles. The van der Waals surface area contributed by atoms with E-state index in [0.717, 1.165) is 18.9 Å². The number of carbonyl (C=O) groups is 1. The summed E-state index contributed by atoms with van der Waals surface area (Å²) in [5, 5.41) is 16.4. The fourth-order valence-corrected chi connectivity index (χ4v) is 0.560. The van der Waals surface area contributed by atoms with Gasteiger partial charge in [-0.2, -0.15) is 0 Å². The van der Waals surface area contributed by atoms with Crippen molar-refractivity contribution < 1.29 is 15.0 Å². The number of aliphatic carboxylic acids is 1. The molecule has 2 N–H and O–H groups in total. The molecule has 0 aliphatic heterocycles. The van der Waals surface area contributed by atoms with Crippen molar-refractivity contribution in [3.63, 3.8) is 0 Å². The molecule has 1 unspecified atom stereocenters. The van der Waals surface area contributed by atoms with Crippen LogP contribution in [0.25, 0.3) is 0 Å². The van der Waals surface area contributed by atoms with Gasteiger partial charge < -0.3 is 10.2 Å². The van der Waals surface area contributed by atoms with Crippen molar-refractivity contribution in [1.82, 2.24) is 0 Å². The zero-order valence-electron chi connectivity index (χ0n) is 7.95. The molecule has 0 aliphatic carbocycles. The second-order valence-corrected chi connectivity index (χ2v) is 2.48. The number of allylic oxidation sites excluding steroid dienone is 1. The number of carboxylic acid groups (broad SMARTS) is 1. The van der Waals surface area contributed by atoms with Crippen LogP contribution in [0, 0.1) is 0 Å². The lowest BCUT2D eigenvalue weighted by Gasteiger charge is -1.95. The van der Waals surface area contributed by atoms with Gasteiger partial charge in [-0.05, 0) is 20.3 Å². The van der Waals surface area contributed by atoms with E-state index in [0.29, 0.717) is 0 Å². The third-order valence-electron chi connectivity index (χ3n) is 1.02. The fourth-order valence-electron chi connectivity index (χ4n) is 0.560. The Morgan fingerprint density at radius 2 is 2.08 bits per heavy atom. The van der Waals surface area contributed by atoms with Gasteiger partial charge in [0.2, 0.25) is 0 Å². The van der Waals surface area contributed by atoms with Crippen LogP contribution in [-0.4, -0.2) is 22.3 Å². The van der Waals surface area contributed by atoms with Crippen molar-refractivity contribution in [2.75, 3.05) is 0 Å². The zero-order valence-corrected chi connectivity index (χ0v) is 7.95. The van der Waals surface area contributed by atoms with Gasteiger partial charge in [0.25, 0.3) is 0 Å². The first-order valence-corrected chi connectivity index (χ1v) is 4.08.